The third kappa shape index (κ3) is 8.12. The van der Waals surface area contributed by atoms with Crippen LogP contribution in [-0.2, 0) is 17.8 Å². The van der Waals surface area contributed by atoms with Crippen molar-refractivity contribution in [3.05, 3.63) is 48.0 Å². The molecule has 1 aromatic carbocycles. The van der Waals surface area contributed by atoms with Crippen LogP contribution in [-0.4, -0.2) is 81.7 Å². The van der Waals surface area contributed by atoms with Gasteiger partial charge in [0.2, 0.25) is 5.91 Å². The molecule has 1 aromatic heterocycles. The quantitative estimate of drug-likeness (QED) is 0.472. The van der Waals surface area contributed by atoms with Crippen molar-refractivity contribution in [2.75, 3.05) is 32.1 Å². The third-order valence-electron chi connectivity index (χ3n) is 7.68. The molecule has 1 fully saturated rings. The van der Waals surface area contributed by atoms with E-state index in [1.807, 2.05) is 38.2 Å². The van der Waals surface area contributed by atoms with Gasteiger partial charge in [0.1, 0.15) is 18.2 Å². The number of anilines is 1. The van der Waals surface area contributed by atoms with Crippen LogP contribution in [0.5, 0.6) is 5.75 Å². The molecule has 1 saturated carbocycles. The van der Waals surface area contributed by atoms with E-state index in [1.165, 1.54) is 6.42 Å². The maximum Gasteiger partial charge on any atom is 0.319 e. The number of carbonyl (C=O) groups is 2. The van der Waals surface area contributed by atoms with Crippen LogP contribution in [0.15, 0.2) is 36.8 Å². The van der Waals surface area contributed by atoms with Crippen molar-refractivity contribution in [2.24, 2.45) is 5.92 Å². The molecule has 0 radical (unpaired) electrons. The van der Waals surface area contributed by atoms with E-state index in [0.29, 0.717) is 36.6 Å². The zero-order chi connectivity index (χ0) is 27.8. The topological polar surface area (TPSA) is 120 Å². The van der Waals surface area contributed by atoms with Gasteiger partial charge in [-0.05, 0) is 51.1 Å². The average Bonchev–Trinajstić information content (AvgIpc) is 2.97. The zero-order valence-corrected chi connectivity index (χ0v) is 23.3. The summed E-state index contributed by atoms with van der Waals surface area (Å²) in [7, 11) is 2.02. The summed E-state index contributed by atoms with van der Waals surface area (Å²) in [4.78, 5) is 38.3. The van der Waals surface area contributed by atoms with Gasteiger partial charge in [0.15, 0.2) is 0 Å². The van der Waals surface area contributed by atoms with Crippen LogP contribution in [0.25, 0.3) is 0 Å². The van der Waals surface area contributed by atoms with Gasteiger partial charge in [0.05, 0.1) is 24.8 Å². The number of fused-ring (bicyclic) bond motifs is 1. The normalized spacial score (nSPS) is 21.3. The second-order valence-corrected chi connectivity index (χ2v) is 11.0. The van der Waals surface area contributed by atoms with E-state index < -0.39 is 0 Å². The highest BCUT2D eigenvalue weighted by molar-refractivity contribution is 5.90. The summed E-state index contributed by atoms with van der Waals surface area (Å²) >= 11 is 0. The first-order valence-electron chi connectivity index (χ1n) is 14.0. The van der Waals surface area contributed by atoms with E-state index >= 15 is 0 Å². The number of rotatable bonds is 8. The highest BCUT2D eigenvalue weighted by atomic mass is 16.5. The number of carbonyl (C=O) groups excluding carboxylic acids is 2. The summed E-state index contributed by atoms with van der Waals surface area (Å²) < 4.78 is 6.58. The van der Waals surface area contributed by atoms with E-state index in [4.69, 9.17) is 4.74 Å². The number of nitrogens with zero attached hydrogens (tertiary/aromatic N) is 4. The maximum absolute atomic E-state index is 13.4. The molecule has 10 nitrogen and oxygen atoms in total. The van der Waals surface area contributed by atoms with E-state index in [0.717, 1.165) is 31.4 Å². The Morgan fingerprint density at radius 3 is 2.77 bits per heavy atom. The molecule has 3 atom stereocenters. The van der Waals surface area contributed by atoms with Gasteiger partial charge in [-0.15, -0.1) is 0 Å². The van der Waals surface area contributed by atoms with Gasteiger partial charge < -0.3 is 25.4 Å². The van der Waals surface area contributed by atoms with Crippen molar-refractivity contribution >= 4 is 17.6 Å². The zero-order valence-electron chi connectivity index (χ0n) is 23.3. The van der Waals surface area contributed by atoms with Crippen molar-refractivity contribution in [1.82, 2.24) is 25.1 Å². The minimum absolute atomic E-state index is 0.000761. The Bertz CT molecular complexity index is 1090. The average molecular weight is 539 g/mol. The Morgan fingerprint density at radius 2 is 2.05 bits per heavy atom. The molecule has 4 rings (SSSR count). The number of likely N-dealkylation sites (N-methyl/N-ethyl adjacent to an activating group) is 1. The molecule has 0 bridgehead atoms. The Balaban J connectivity index is 1.53. The van der Waals surface area contributed by atoms with Crippen molar-refractivity contribution in [3.8, 4) is 5.75 Å². The smallest absolute Gasteiger partial charge is 0.319 e. The molecule has 0 spiro atoms. The molecule has 39 heavy (non-hydrogen) atoms. The summed E-state index contributed by atoms with van der Waals surface area (Å²) in [6.45, 7) is 5.53. The second-order valence-electron chi connectivity index (χ2n) is 11.0. The molecule has 212 valence electrons. The van der Waals surface area contributed by atoms with Gasteiger partial charge in [-0.1, -0.05) is 26.2 Å². The number of hydrogen-bond donors (Lipinski definition) is 3. The first-order valence-corrected chi connectivity index (χ1v) is 14.0. The van der Waals surface area contributed by atoms with Gasteiger partial charge in [-0.3, -0.25) is 9.69 Å². The number of aromatic nitrogens is 2. The molecule has 2 aliphatic rings. The molecular weight excluding hydrogens is 496 g/mol. The fourth-order valence-electron chi connectivity index (χ4n) is 5.38. The number of benzene rings is 1. The van der Waals surface area contributed by atoms with Crippen LogP contribution in [0.1, 0.15) is 57.2 Å². The molecule has 2 aromatic rings. The highest BCUT2D eigenvalue weighted by Gasteiger charge is 2.31. The number of nitrogens with one attached hydrogen (secondary N) is 2. The van der Waals surface area contributed by atoms with Gasteiger partial charge in [0.25, 0.3) is 0 Å². The van der Waals surface area contributed by atoms with Crippen LogP contribution in [0, 0.1) is 5.92 Å². The first-order chi connectivity index (χ1) is 18.8. The highest BCUT2D eigenvalue weighted by Crippen LogP contribution is 2.29. The standard InChI is InChI=1S/C29H42N6O4/c1-20-15-35(21(2)18-36)28(37)14-22-13-24(33-29(38)32-23-7-5-4-6-8-23)9-10-26(22)39-27(20)17-34(3)16-25-11-12-30-19-31-25/h9-13,19-21,23,27,36H,4-8,14-18H2,1-3H3,(H2,32,33,38)/t20-,21+,27?/m1/s1. The second kappa shape index (κ2) is 13.7. The van der Waals surface area contributed by atoms with Crippen LogP contribution < -0.4 is 15.4 Å². The third-order valence-corrected chi connectivity index (χ3v) is 7.68. The number of urea groups is 1. The predicted octanol–water partition coefficient (Wildman–Crippen LogP) is 3.21. The Labute approximate surface area is 231 Å². The molecule has 3 amide bonds. The molecule has 0 saturated heterocycles. The minimum atomic E-state index is -0.316. The van der Waals surface area contributed by atoms with Gasteiger partial charge in [0, 0.05) is 49.0 Å². The van der Waals surface area contributed by atoms with E-state index in [2.05, 4.69) is 32.4 Å². The van der Waals surface area contributed by atoms with Crippen molar-refractivity contribution in [1.29, 1.82) is 0 Å². The summed E-state index contributed by atoms with van der Waals surface area (Å²) in [5, 5.41) is 15.9. The fraction of sp³-hybridized carbons (Fsp3) is 0.586. The number of aliphatic hydroxyl groups is 1. The molecule has 3 N–H and O–H groups in total. The largest absolute Gasteiger partial charge is 0.488 e. The van der Waals surface area contributed by atoms with Crippen molar-refractivity contribution < 1.29 is 19.4 Å². The van der Waals surface area contributed by atoms with Crippen LogP contribution >= 0.6 is 0 Å². The first kappa shape index (κ1) is 28.8. The van der Waals surface area contributed by atoms with Crippen LogP contribution in [0.4, 0.5) is 10.5 Å². The minimum Gasteiger partial charge on any atom is -0.488 e. The number of amides is 3. The monoisotopic (exact) mass is 538 g/mol. The van der Waals surface area contributed by atoms with Gasteiger partial charge in [-0.2, -0.15) is 0 Å². The Hall–Kier alpha value is -3.24. The van der Waals surface area contributed by atoms with Gasteiger partial charge in [-0.25, -0.2) is 14.8 Å². The number of ether oxygens (including phenoxy) is 1. The number of hydrogen-bond acceptors (Lipinski definition) is 7. The Kier molecular flexibility index (Phi) is 10.1. The fourth-order valence-corrected chi connectivity index (χ4v) is 5.38. The molecule has 1 unspecified atom stereocenters. The predicted molar refractivity (Wildman–Crippen MR) is 149 cm³/mol. The van der Waals surface area contributed by atoms with Crippen LogP contribution in [0.3, 0.4) is 0 Å². The molecule has 2 heterocycles. The summed E-state index contributed by atoms with van der Waals surface area (Å²) in [6.07, 6.45) is 8.68. The lowest BCUT2D eigenvalue weighted by Crippen LogP contribution is -2.47. The number of aliphatic hydroxyl groups excluding tert-OH is 1. The summed E-state index contributed by atoms with van der Waals surface area (Å²) in [5.74, 6) is 0.556. The van der Waals surface area contributed by atoms with E-state index in [9.17, 15) is 14.7 Å². The van der Waals surface area contributed by atoms with Crippen molar-refractivity contribution in [2.45, 2.75) is 77.1 Å². The molecule has 1 aliphatic carbocycles. The lowest BCUT2D eigenvalue weighted by Gasteiger charge is -2.34. The molecule has 1 aliphatic heterocycles. The summed E-state index contributed by atoms with van der Waals surface area (Å²) in [5.41, 5.74) is 2.24. The lowest BCUT2D eigenvalue weighted by molar-refractivity contribution is -0.134. The van der Waals surface area contributed by atoms with E-state index in [1.54, 1.807) is 17.4 Å². The SMILES string of the molecule is C[C@@H]1CN([C@@H](C)CO)C(=O)Cc2cc(NC(=O)NC3CCCCC3)ccc2OC1CN(C)Cc1ccncn1. The van der Waals surface area contributed by atoms with E-state index in [-0.39, 0.29) is 49.1 Å². The van der Waals surface area contributed by atoms with Crippen LogP contribution in [0.2, 0.25) is 0 Å². The lowest BCUT2D eigenvalue weighted by atomic mass is 9.96. The Morgan fingerprint density at radius 1 is 1.26 bits per heavy atom. The van der Waals surface area contributed by atoms with Crippen molar-refractivity contribution in [3.63, 3.8) is 0 Å². The molecular formula is C29H42N6O4. The maximum atomic E-state index is 13.4. The van der Waals surface area contributed by atoms with Gasteiger partial charge >= 0.3 is 6.03 Å². The molecule has 10 heteroatoms. The summed E-state index contributed by atoms with van der Waals surface area (Å²) in [6, 6.07) is 7.03.